The van der Waals surface area contributed by atoms with Gasteiger partial charge in [0.05, 0.1) is 11.5 Å². The van der Waals surface area contributed by atoms with Crippen LogP contribution in [0.3, 0.4) is 0 Å². The normalized spacial score (nSPS) is 19.1. The molecular formula is C14H16ClNO6S. The lowest BCUT2D eigenvalue weighted by molar-refractivity contribution is -0.150. The van der Waals surface area contributed by atoms with E-state index in [4.69, 9.17) is 21.1 Å². The second kappa shape index (κ2) is 7.65. The number of ether oxygens (including phenoxy) is 2. The molecule has 0 spiro atoms. The highest BCUT2D eigenvalue weighted by atomic mass is 35.5. The molecule has 1 saturated heterocycles. The van der Waals surface area contributed by atoms with Gasteiger partial charge in [-0.3, -0.25) is 4.79 Å². The molecule has 0 radical (unpaired) electrons. The average Bonchev–Trinajstić information content (AvgIpc) is 2.83. The van der Waals surface area contributed by atoms with Crippen molar-refractivity contribution in [1.82, 2.24) is 5.32 Å². The van der Waals surface area contributed by atoms with Crippen molar-refractivity contribution in [1.29, 1.82) is 0 Å². The molecule has 1 aromatic carbocycles. The van der Waals surface area contributed by atoms with Crippen molar-refractivity contribution in [3.05, 3.63) is 29.3 Å². The average molecular weight is 362 g/mol. The number of rotatable bonds is 6. The van der Waals surface area contributed by atoms with Gasteiger partial charge in [0.15, 0.2) is 23.1 Å². The third-order valence-corrected chi connectivity index (χ3v) is 5.15. The number of sulfone groups is 1. The molecular weight excluding hydrogens is 346 g/mol. The summed E-state index contributed by atoms with van der Waals surface area (Å²) in [6.45, 7) is -0.813. The molecule has 0 aromatic heterocycles. The van der Waals surface area contributed by atoms with Crippen LogP contribution in [0.25, 0.3) is 0 Å². The predicted octanol–water partition coefficient (Wildman–Crippen LogP) is 0.565. The predicted molar refractivity (Wildman–Crippen MR) is 83.1 cm³/mol. The first-order valence-electron chi connectivity index (χ1n) is 6.88. The number of benzene rings is 1. The van der Waals surface area contributed by atoms with Crippen molar-refractivity contribution in [2.75, 3.05) is 24.7 Å². The topological polar surface area (TPSA) is 98.8 Å². The smallest absolute Gasteiger partial charge is 0.344 e. The highest BCUT2D eigenvalue weighted by Crippen LogP contribution is 2.15. The molecule has 1 amide bonds. The van der Waals surface area contributed by atoms with Crippen LogP contribution >= 0.6 is 11.6 Å². The summed E-state index contributed by atoms with van der Waals surface area (Å²) in [6, 6.07) is 6.01. The fourth-order valence-corrected chi connectivity index (χ4v) is 3.84. The number of carbonyl (C=O) groups excluding carboxylic acids is 2. The van der Waals surface area contributed by atoms with Gasteiger partial charge in [0.25, 0.3) is 5.91 Å². The maximum absolute atomic E-state index is 11.6. The van der Waals surface area contributed by atoms with E-state index in [0.29, 0.717) is 17.2 Å². The van der Waals surface area contributed by atoms with Gasteiger partial charge in [-0.1, -0.05) is 11.6 Å². The van der Waals surface area contributed by atoms with E-state index in [9.17, 15) is 18.0 Å². The van der Waals surface area contributed by atoms with Gasteiger partial charge in [-0.25, -0.2) is 13.2 Å². The van der Waals surface area contributed by atoms with Gasteiger partial charge in [0.1, 0.15) is 5.75 Å². The molecule has 1 atom stereocenters. The second-order valence-corrected chi connectivity index (χ2v) is 7.74. The van der Waals surface area contributed by atoms with Crippen molar-refractivity contribution >= 4 is 33.3 Å². The minimum Gasteiger partial charge on any atom is -0.482 e. The van der Waals surface area contributed by atoms with Gasteiger partial charge in [-0.05, 0) is 30.7 Å². The minimum atomic E-state index is -3.07. The first-order chi connectivity index (χ1) is 10.8. The zero-order valence-electron chi connectivity index (χ0n) is 12.2. The summed E-state index contributed by atoms with van der Waals surface area (Å²) in [6.07, 6.45) is 0.377. The number of esters is 1. The van der Waals surface area contributed by atoms with Crippen LogP contribution < -0.4 is 10.1 Å². The Morgan fingerprint density at radius 2 is 1.91 bits per heavy atom. The number of halogens is 1. The Balaban J connectivity index is 1.66. The van der Waals surface area contributed by atoms with E-state index < -0.39 is 34.4 Å². The SMILES string of the molecule is O=C(COC(=O)COc1ccc(Cl)cc1)N[C@H]1CCS(=O)(=O)C1. The van der Waals surface area contributed by atoms with Gasteiger partial charge < -0.3 is 14.8 Å². The number of carbonyl (C=O) groups is 2. The van der Waals surface area contributed by atoms with Crippen LogP contribution in [0.15, 0.2) is 24.3 Å². The molecule has 1 aromatic rings. The largest absolute Gasteiger partial charge is 0.482 e. The molecule has 1 fully saturated rings. The monoisotopic (exact) mass is 361 g/mol. The zero-order chi connectivity index (χ0) is 16.9. The fourth-order valence-electron chi connectivity index (χ4n) is 2.04. The Kier molecular flexibility index (Phi) is 5.84. The maximum atomic E-state index is 11.6. The van der Waals surface area contributed by atoms with Crippen LogP contribution in [-0.4, -0.2) is 51.1 Å². The summed E-state index contributed by atoms with van der Waals surface area (Å²) in [7, 11) is -3.07. The van der Waals surface area contributed by atoms with E-state index in [-0.39, 0.29) is 18.1 Å². The first-order valence-corrected chi connectivity index (χ1v) is 9.08. The molecule has 1 aliphatic rings. The molecule has 1 N–H and O–H groups in total. The highest BCUT2D eigenvalue weighted by molar-refractivity contribution is 7.91. The van der Waals surface area contributed by atoms with Crippen molar-refractivity contribution in [2.24, 2.45) is 0 Å². The van der Waals surface area contributed by atoms with Gasteiger partial charge in [-0.2, -0.15) is 0 Å². The third-order valence-electron chi connectivity index (χ3n) is 3.13. The Labute approximate surface area is 138 Å². The second-order valence-electron chi connectivity index (χ2n) is 5.07. The van der Waals surface area contributed by atoms with Gasteiger partial charge >= 0.3 is 5.97 Å². The van der Waals surface area contributed by atoms with Crippen LogP contribution in [0.4, 0.5) is 0 Å². The Morgan fingerprint density at radius 3 is 2.52 bits per heavy atom. The van der Waals surface area contributed by atoms with Crippen LogP contribution in [0.2, 0.25) is 5.02 Å². The lowest BCUT2D eigenvalue weighted by Crippen LogP contribution is -2.38. The third kappa shape index (κ3) is 6.07. The van der Waals surface area contributed by atoms with E-state index in [2.05, 4.69) is 5.32 Å². The molecule has 9 heteroatoms. The van der Waals surface area contributed by atoms with Crippen molar-refractivity contribution in [2.45, 2.75) is 12.5 Å². The summed E-state index contributed by atoms with van der Waals surface area (Å²) in [4.78, 5) is 23.1. The zero-order valence-corrected chi connectivity index (χ0v) is 13.7. The Morgan fingerprint density at radius 1 is 1.22 bits per heavy atom. The van der Waals surface area contributed by atoms with E-state index in [1.54, 1.807) is 24.3 Å². The molecule has 2 rings (SSSR count). The van der Waals surface area contributed by atoms with Gasteiger partial charge in [0.2, 0.25) is 0 Å². The molecule has 23 heavy (non-hydrogen) atoms. The summed E-state index contributed by atoms with van der Waals surface area (Å²) in [5, 5.41) is 3.07. The Hall–Kier alpha value is -1.80. The summed E-state index contributed by atoms with van der Waals surface area (Å²) < 4.78 is 32.5. The molecule has 7 nitrogen and oxygen atoms in total. The van der Waals surface area contributed by atoms with Crippen LogP contribution in [0, 0.1) is 0 Å². The lowest BCUT2D eigenvalue weighted by atomic mass is 10.2. The number of hydrogen-bond acceptors (Lipinski definition) is 6. The number of amides is 1. The standard InChI is InChI=1S/C14H16ClNO6S/c15-10-1-3-12(4-2-10)21-8-14(18)22-7-13(17)16-11-5-6-23(19,20)9-11/h1-4,11H,5-9H2,(H,16,17)/t11-/m0/s1. The van der Waals surface area contributed by atoms with Crippen LogP contribution in [-0.2, 0) is 24.2 Å². The van der Waals surface area contributed by atoms with Crippen LogP contribution in [0.1, 0.15) is 6.42 Å². The molecule has 1 heterocycles. The van der Waals surface area contributed by atoms with Gasteiger partial charge in [-0.15, -0.1) is 0 Å². The molecule has 1 aliphatic heterocycles. The fraction of sp³-hybridized carbons (Fsp3) is 0.429. The minimum absolute atomic E-state index is 0.0622. The van der Waals surface area contributed by atoms with E-state index in [0.717, 1.165) is 0 Å². The first kappa shape index (κ1) is 17.6. The molecule has 0 saturated carbocycles. The molecule has 126 valence electrons. The summed E-state index contributed by atoms with van der Waals surface area (Å²) in [5.74, 6) is -0.799. The summed E-state index contributed by atoms with van der Waals surface area (Å²) >= 11 is 5.72. The number of hydrogen-bond donors (Lipinski definition) is 1. The van der Waals surface area contributed by atoms with Gasteiger partial charge in [0, 0.05) is 11.1 Å². The van der Waals surface area contributed by atoms with Crippen molar-refractivity contribution in [3.8, 4) is 5.75 Å². The van der Waals surface area contributed by atoms with Crippen molar-refractivity contribution < 1.29 is 27.5 Å². The van der Waals surface area contributed by atoms with E-state index in [1.807, 2.05) is 0 Å². The highest BCUT2D eigenvalue weighted by Gasteiger charge is 2.29. The van der Waals surface area contributed by atoms with Crippen molar-refractivity contribution in [3.63, 3.8) is 0 Å². The Bertz CT molecular complexity index is 673. The van der Waals surface area contributed by atoms with E-state index in [1.165, 1.54) is 0 Å². The maximum Gasteiger partial charge on any atom is 0.344 e. The summed E-state index contributed by atoms with van der Waals surface area (Å²) in [5.41, 5.74) is 0. The van der Waals surface area contributed by atoms with E-state index >= 15 is 0 Å². The molecule has 0 bridgehead atoms. The molecule has 0 unspecified atom stereocenters. The lowest BCUT2D eigenvalue weighted by Gasteiger charge is -2.11. The van der Waals surface area contributed by atoms with Crippen LogP contribution in [0.5, 0.6) is 5.75 Å². The quantitative estimate of drug-likeness (QED) is 0.743. The molecule has 0 aliphatic carbocycles. The number of nitrogens with one attached hydrogen (secondary N) is 1.